The number of rotatable bonds is 2. The van der Waals surface area contributed by atoms with Gasteiger partial charge in [-0.2, -0.15) is 0 Å². The first-order valence-corrected chi connectivity index (χ1v) is 3.95. The molecule has 12 heavy (non-hydrogen) atoms. The summed E-state index contributed by atoms with van der Waals surface area (Å²) in [5.41, 5.74) is 0.972. The van der Waals surface area contributed by atoms with E-state index in [1.54, 1.807) is 12.1 Å². The molecule has 0 bridgehead atoms. The Morgan fingerprint density at radius 3 is 2.67 bits per heavy atom. The number of hydrogen-bond acceptors (Lipinski definition) is 2. The van der Waals surface area contributed by atoms with E-state index < -0.39 is 4.92 Å². The molecule has 4 heteroatoms. The van der Waals surface area contributed by atoms with E-state index in [4.69, 9.17) is 11.6 Å². The van der Waals surface area contributed by atoms with Crippen molar-refractivity contribution in [3.63, 3.8) is 0 Å². The number of hydrogen-bond donors (Lipinski definition) is 0. The van der Waals surface area contributed by atoms with Gasteiger partial charge in [0.15, 0.2) is 0 Å². The molecule has 0 amide bonds. The Labute approximate surface area is 75.1 Å². The van der Waals surface area contributed by atoms with Crippen LogP contribution in [0.2, 0.25) is 5.02 Å². The second-order valence-corrected chi connectivity index (χ2v) is 2.80. The number of halogens is 1. The molecule has 0 unspecified atom stereocenters. The molecule has 1 aromatic carbocycles. The van der Waals surface area contributed by atoms with E-state index in [1.165, 1.54) is 6.07 Å². The van der Waals surface area contributed by atoms with E-state index in [9.17, 15) is 10.1 Å². The number of nitro benzene ring substituents is 1. The molecule has 1 aromatic rings. The summed E-state index contributed by atoms with van der Waals surface area (Å²) in [6.45, 7) is 1.97. The standard InChI is InChI=1S/C8H8ClNO2/c1-2-6-3-4-8(10(11)12)7(9)5-6/h3-5H,2H2,1H3. The first kappa shape index (κ1) is 9.00. The Kier molecular flexibility index (Phi) is 2.65. The van der Waals surface area contributed by atoms with Gasteiger partial charge in [0.25, 0.3) is 5.69 Å². The second kappa shape index (κ2) is 3.54. The van der Waals surface area contributed by atoms with E-state index in [2.05, 4.69) is 0 Å². The van der Waals surface area contributed by atoms with Crippen LogP contribution in [0.4, 0.5) is 5.69 Å². The minimum Gasteiger partial charge on any atom is -0.258 e. The fourth-order valence-electron chi connectivity index (χ4n) is 0.918. The highest BCUT2D eigenvalue weighted by molar-refractivity contribution is 6.32. The monoisotopic (exact) mass is 185 g/mol. The molecule has 0 atom stereocenters. The average molecular weight is 186 g/mol. The summed E-state index contributed by atoms with van der Waals surface area (Å²) in [6, 6.07) is 4.77. The van der Waals surface area contributed by atoms with Crippen molar-refractivity contribution in [1.82, 2.24) is 0 Å². The molecule has 0 saturated carbocycles. The highest BCUT2D eigenvalue weighted by atomic mass is 35.5. The molecule has 0 aliphatic carbocycles. The van der Waals surface area contributed by atoms with Gasteiger partial charge in [-0.15, -0.1) is 0 Å². The number of benzene rings is 1. The maximum Gasteiger partial charge on any atom is 0.287 e. The molecule has 0 aromatic heterocycles. The number of nitro groups is 1. The van der Waals surface area contributed by atoms with Gasteiger partial charge in [-0.3, -0.25) is 10.1 Å². The van der Waals surface area contributed by atoms with E-state index in [1.807, 2.05) is 6.92 Å². The SMILES string of the molecule is CCc1ccc([N+](=O)[O-])c(Cl)c1. The average Bonchev–Trinajstić information content (AvgIpc) is 2.03. The summed E-state index contributed by atoms with van der Waals surface area (Å²) in [4.78, 5) is 9.86. The topological polar surface area (TPSA) is 43.1 Å². The first-order chi connectivity index (χ1) is 5.65. The predicted molar refractivity (Wildman–Crippen MR) is 47.5 cm³/mol. The fourth-order valence-corrected chi connectivity index (χ4v) is 1.19. The lowest BCUT2D eigenvalue weighted by Gasteiger charge is -1.97. The summed E-state index contributed by atoms with van der Waals surface area (Å²) >= 11 is 5.66. The maximum atomic E-state index is 10.3. The van der Waals surface area contributed by atoms with Gasteiger partial charge in [-0.25, -0.2) is 0 Å². The van der Waals surface area contributed by atoms with Crippen molar-refractivity contribution in [2.45, 2.75) is 13.3 Å². The van der Waals surface area contributed by atoms with Crippen molar-refractivity contribution in [3.05, 3.63) is 38.9 Å². The Hall–Kier alpha value is -1.09. The predicted octanol–water partition coefficient (Wildman–Crippen LogP) is 2.81. The summed E-state index contributed by atoms with van der Waals surface area (Å²) in [5, 5.41) is 10.6. The third kappa shape index (κ3) is 1.74. The first-order valence-electron chi connectivity index (χ1n) is 3.58. The van der Waals surface area contributed by atoms with Gasteiger partial charge in [0.1, 0.15) is 5.02 Å². The lowest BCUT2D eigenvalue weighted by Crippen LogP contribution is -1.90. The van der Waals surface area contributed by atoms with Crippen LogP contribution in [0.15, 0.2) is 18.2 Å². The van der Waals surface area contributed by atoms with Crippen molar-refractivity contribution >= 4 is 17.3 Å². The molecule has 0 radical (unpaired) electrons. The van der Waals surface area contributed by atoms with E-state index in [0.717, 1.165) is 12.0 Å². The zero-order valence-corrected chi connectivity index (χ0v) is 7.34. The van der Waals surface area contributed by atoms with Gasteiger partial charge in [0, 0.05) is 6.07 Å². The van der Waals surface area contributed by atoms with Crippen LogP contribution < -0.4 is 0 Å². The lowest BCUT2D eigenvalue weighted by atomic mass is 10.1. The molecule has 0 heterocycles. The third-order valence-corrected chi connectivity index (χ3v) is 1.92. The smallest absolute Gasteiger partial charge is 0.258 e. The second-order valence-electron chi connectivity index (χ2n) is 2.40. The van der Waals surface area contributed by atoms with Crippen LogP contribution in [0.5, 0.6) is 0 Å². The number of aryl methyl sites for hydroxylation is 1. The summed E-state index contributed by atoms with van der Waals surface area (Å²) in [5.74, 6) is 0. The largest absolute Gasteiger partial charge is 0.287 e. The van der Waals surface area contributed by atoms with E-state index in [-0.39, 0.29) is 10.7 Å². The van der Waals surface area contributed by atoms with Crippen LogP contribution in [0.1, 0.15) is 12.5 Å². The summed E-state index contributed by atoms with van der Waals surface area (Å²) in [7, 11) is 0. The third-order valence-electron chi connectivity index (χ3n) is 1.62. The zero-order valence-electron chi connectivity index (χ0n) is 6.58. The van der Waals surface area contributed by atoms with Crippen LogP contribution >= 0.6 is 11.6 Å². The molecule has 64 valence electrons. The maximum absolute atomic E-state index is 10.3. The molecule has 0 N–H and O–H groups in total. The highest BCUT2D eigenvalue weighted by Crippen LogP contribution is 2.24. The van der Waals surface area contributed by atoms with Crippen LogP contribution in [-0.4, -0.2) is 4.92 Å². The van der Waals surface area contributed by atoms with Crippen molar-refractivity contribution in [3.8, 4) is 0 Å². The molecule has 0 aliphatic heterocycles. The van der Waals surface area contributed by atoms with E-state index in [0.29, 0.717) is 0 Å². The zero-order chi connectivity index (χ0) is 9.14. The molecule has 3 nitrogen and oxygen atoms in total. The highest BCUT2D eigenvalue weighted by Gasteiger charge is 2.10. The lowest BCUT2D eigenvalue weighted by molar-refractivity contribution is -0.384. The molecular formula is C8H8ClNO2. The van der Waals surface area contributed by atoms with Gasteiger partial charge in [0.05, 0.1) is 4.92 Å². The molecular weight excluding hydrogens is 178 g/mol. The fraction of sp³-hybridized carbons (Fsp3) is 0.250. The summed E-state index contributed by atoms with van der Waals surface area (Å²) < 4.78 is 0. The Bertz CT molecular complexity index is 312. The number of nitrogens with zero attached hydrogens (tertiary/aromatic N) is 1. The van der Waals surface area contributed by atoms with Gasteiger partial charge in [0.2, 0.25) is 0 Å². The van der Waals surface area contributed by atoms with Crippen LogP contribution in [0, 0.1) is 10.1 Å². The van der Waals surface area contributed by atoms with Crippen molar-refractivity contribution in [2.75, 3.05) is 0 Å². The van der Waals surface area contributed by atoms with Crippen molar-refractivity contribution < 1.29 is 4.92 Å². The Morgan fingerprint density at radius 2 is 2.25 bits per heavy atom. The Balaban J connectivity index is 3.12. The van der Waals surface area contributed by atoms with Gasteiger partial charge >= 0.3 is 0 Å². The van der Waals surface area contributed by atoms with Gasteiger partial charge in [-0.1, -0.05) is 24.6 Å². The van der Waals surface area contributed by atoms with Crippen LogP contribution in [-0.2, 0) is 6.42 Å². The normalized spacial score (nSPS) is 9.83. The van der Waals surface area contributed by atoms with Gasteiger partial charge in [-0.05, 0) is 18.1 Å². The molecule has 0 aliphatic rings. The molecule has 0 saturated heterocycles. The quantitative estimate of drug-likeness (QED) is 0.525. The van der Waals surface area contributed by atoms with Crippen LogP contribution in [0.3, 0.4) is 0 Å². The minimum atomic E-state index is -0.484. The molecule has 1 rings (SSSR count). The minimum absolute atomic E-state index is 0.0335. The Morgan fingerprint density at radius 1 is 1.58 bits per heavy atom. The summed E-state index contributed by atoms with van der Waals surface area (Å²) in [6.07, 6.45) is 0.831. The molecule has 0 fully saturated rings. The van der Waals surface area contributed by atoms with Crippen LogP contribution in [0.25, 0.3) is 0 Å². The van der Waals surface area contributed by atoms with Crippen molar-refractivity contribution in [1.29, 1.82) is 0 Å². The van der Waals surface area contributed by atoms with E-state index >= 15 is 0 Å². The molecule has 0 spiro atoms. The van der Waals surface area contributed by atoms with Crippen molar-refractivity contribution in [2.24, 2.45) is 0 Å². The van der Waals surface area contributed by atoms with Gasteiger partial charge < -0.3 is 0 Å².